The molecule has 0 aliphatic heterocycles. The second kappa shape index (κ2) is 36.1. The summed E-state index contributed by atoms with van der Waals surface area (Å²) in [5, 5.41) is 9.54. The maximum absolute atomic E-state index is 12.1. The summed E-state index contributed by atoms with van der Waals surface area (Å²) in [6, 6.07) is 0. The van der Waals surface area contributed by atoms with Crippen molar-refractivity contribution in [1.29, 1.82) is 0 Å². The van der Waals surface area contributed by atoms with E-state index in [2.05, 4.69) is 26.0 Å². The van der Waals surface area contributed by atoms with Gasteiger partial charge in [0.1, 0.15) is 6.61 Å². The molecule has 0 spiro atoms. The normalized spacial score (nSPS) is 12.2. The maximum Gasteiger partial charge on any atom is 0.306 e. The molecule has 0 heterocycles. The van der Waals surface area contributed by atoms with Gasteiger partial charge in [-0.25, -0.2) is 0 Å². The van der Waals surface area contributed by atoms with E-state index in [9.17, 15) is 14.7 Å². The zero-order chi connectivity index (χ0) is 32.2. The molecular weight excluding hydrogens is 548 g/mol. The van der Waals surface area contributed by atoms with Crippen LogP contribution in [0.25, 0.3) is 0 Å². The van der Waals surface area contributed by atoms with Gasteiger partial charge in [0.15, 0.2) is 6.10 Å². The summed E-state index contributed by atoms with van der Waals surface area (Å²) in [5.74, 6) is -0.586. The number of hydrogen-bond donors (Lipinski definition) is 1. The minimum Gasteiger partial charge on any atom is -0.462 e. The van der Waals surface area contributed by atoms with Crippen LogP contribution in [0.4, 0.5) is 0 Å². The van der Waals surface area contributed by atoms with Crippen LogP contribution < -0.4 is 0 Å². The van der Waals surface area contributed by atoms with Crippen LogP contribution in [-0.4, -0.2) is 36.4 Å². The Kier molecular flexibility index (Phi) is 35.0. The molecule has 44 heavy (non-hydrogen) atoms. The predicted molar refractivity (Wildman–Crippen MR) is 187 cm³/mol. The fraction of sp³-hybridized carbons (Fsp3) is 0.897. The molecule has 0 fully saturated rings. The summed E-state index contributed by atoms with van der Waals surface area (Å²) in [6.07, 6.45) is 39.8. The number of ether oxygens (including phenoxy) is 2. The average Bonchev–Trinajstić information content (AvgIpc) is 3.02. The highest BCUT2D eigenvalue weighted by Gasteiger charge is 2.16. The zero-order valence-electron chi connectivity index (χ0n) is 29.4. The molecule has 5 heteroatoms. The molecule has 1 atom stereocenters. The first-order valence-electron chi connectivity index (χ1n) is 19.2. The average molecular weight is 623 g/mol. The predicted octanol–water partition coefficient (Wildman–Crippen LogP) is 11.7. The summed E-state index contributed by atoms with van der Waals surface area (Å²) in [6.45, 7) is 4.13. The van der Waals surface area contributed by atoms with Gasteiger partial charge >= 0.3 is 11.9 Å². The van der Waals surface area contributed by atoms with Crippen LogP contribution in [0.1, 0.15) is 206 Å². The number of carbonyl (C=O) groups is 2. The van der Waals surface area contributed by atoms with Crippen LogP contribution in [0, 0.1) is 0 Å². The number of allylic oxidation sites excluding steroid dienone is 2. The van der Waals surface area contributed by atoms with Crippen LogP contribution in [0.15, 0.2) is 12.2 Å². The van der Waals surface area contributed by atoms with E-state index in [0.717, 1.165) is 32.1 Å². The van der Waals surface area contributed by atoms with E-state index in [4.69, 9.17) is 9.47 Å². The quantitative estimate of drug-likeness (QED) is 0.0432. The number of unbranched alkanes of at least 4 members (excludes halogenated alkanes) is 25. The molecule has 0 aromatic carbocycles. The highest BCUT2D eigenvalue weighted by atomic mass is 16.6. The summed E-state index contributed by atoms with van der Waals surface area (Å²) in [4.78, 5) is 24.2. The lowest BCUT2D eigenvalue weighted by Gasteiger charge is -2.15. The van der Waals surface area contributed by atoms with Gasteiger partial charge in [0, 0.05) is 12.8 Å². The summed E-state index contributed by atoms with van der Waals surface area (Å²) in [7, 11) is 0. The van der Waals surface area contributed by atoms with Crippen molar-refractivity contribution < 1.29 is 24.2 Å². The van der Waals surface area contributed by atoms with Crippen molar-refractivity contribution in [2.75, 3.05) is 13.2 Å². The smallest absolute Gasteiger partial charge is 0.306 e. The molecule has 0 aliphatic carbocycles. The second-order valence-electron chi connectivity index (χ2n) is 13.0. The molecule has 1 N–H and O–H groups in total. The summed E-state index contributed by atoms with van der Waals surface area (Å²) < 4.78 is 10.6. The van der Waals surface area contributed by atoms with Crippen molar-refractivity contribution in [1.82, 2.24) is 0 Å². The number of hydrogen-bond acceptors (Lipinski definition) is 5. The van der Waals surface area contributed by atoms with E-state index < -0.39 is 6.10 Å². The molecule has 0 aromatic rings. The highest BCUT2D eigenvalue weighted by molar-refractivity contribution is 5.70. The fourth-order valence-corrected chi connectivity index (χ4v) is 5.61. The molecule has 0 amide bonds. The van der Waals surface area contributed by atoms with Crippen molar-refractivity contribution in [2.24, 2.45) is 0 Å². The Bertz CT molecular complexity index is 632. The molecule has 0 saturated carbocycles. The van der Waals surface area contributed by atoms with Crippen LogP contribution in [0.2, 0.25) is 0 Å². The third-order valence-electron chi connectivity index (χ3n) is 8.56. The minimum atomic E-state index is -0.766. The summed E-state index contributed by atoms with van der Waals surface area (Å²) >= 11 is 0. The molecular formula is C39H74O5. The number of aliphatic hydroxyl groups excluding tert-OH is 1. The van der Waals surface area contributed by atoms with Gasteiger partial charge in [0.2, 0.25) is 0 Å². The first kappa shape index (κ1) is 42.6. The van der Waals surface area contributed by atoms with Gasteiger partial charge in [-0.2, -0.15) is 0 Å². The lowest BCUT2D eigenvalue weighted by molar-refractivity contribution is -0.161. The highest BCUT2D eigenvalue weighted by Crippen LogP contribution is 2.15. The molecule has 0 aromatic heterocycles. The molecule has 5 nitrogen and oxygen atoms in total. The van der Waals surface area contributed by atoms with Crippen LogP contribution >= 0.6 is 0 Å². The van der Waals surface area contributed by atoms with E-state index in [1.54, 1.807) is 0 Å². The zero-order valence-corrected chi connectivity index (χ0v) is 29.4. The van der Waals surface area contributed by atoms with Gasteiger partial charge in [-0.15, -0.1) is 0 Å². The molecule has 0 aliphatic rings. The Morgan fingerprint density at radius 3 is 1.25 bits per heavy atom. The lowest BCUT2D eigenvalue weighted by atomic mass is 10.0. The number of aliphatic hydroxyl groups is 1. The first-order valence-corrected chi connectivity index (χ1v) is 19.2. The number of esters is 2. The first-order chi connectivity index (χ1) is 21.6. The van der Waals surface area contributed by atoms with E-state index >= 15 is 0 Å². The van der Waals surface area contributed by atoms with Crippen molar-refractivity contribution in [2.45, 2.75) is 213 Å². The van der Waals surface area contributed by atoms with Gasteiger partial charge in [0.25, 0.3) is 0 Å². The van der Waals surface area contributed by atoms with Crippen molar-refractivity contribution in [3.8, 4) is 0 Å². The topological polar surface area (TPSA) is 72.8 Å². The number of rotatable bonds is 35. The van der Waals surface area contributed by atoms with E-state index in [1.165, 1.54) is 148 Å². The van der Waals surface area contributed by atoms with Crippen molar-refractivity contribution in [3.05, 3.63) is 12.2 Å². The Hall–Kier alpha value is -1.36. The van der Waals surface area contributed by atoms with Crippen molar-refractivity contribution in [3.63, 3.8) is 0 Å². The molecule has 0 saturated heterocycles. The molecule has 0 radical (unpaired) electrons. The van der Waals surface area contributed by atoms with E-state index in [1.807, 2.05) is 0 Å². The van der Waals surface area contributed by atoms with E-state index in [-0.39, 0.29) is 25.2 Å². The molecule has 0 bridgehead atoms. The number of carbonyl (C=O) groups excluding carboxylic acids is 2. The van der Waals surface area contributed by atoms with Crippen LogP contribution in [0.3, 0.4) is 0 Å². The molecule has 260 valence electrons. The monoisotopic (exact) mass is 623 g/mol. The second-order valence-corrected chi connectivity index (χ2v) is 13.0. The third kappa shape index (κ3) is 33.5. The third-order valence-corrected chi connectivity index (χ3v) is 8.56. The van der Waals surface area contributed by atoms with Crippen molar-refractivity contribution >= 4 is 11.9 Å². The minimum absolute atomic E-state index is 0.0616. The lowest BCUT2D eigenvalue weighted by Crippen LogP contribution is -2.28. The van der Waals surface area contributed by atoms with Crippen LogP contribution in [-0.2, 0) is 19.1 Å². The molecule has 0 unspecified atom stereocenters. The van der Waals surface area contributed by atoms with Crippen LogP contribution in [0.5, 0.6) is 0 Å². The van der Waals surface area contributed by atoms with Gasteiger partial charge < -0.3 is 14.6 Å². The van der Waals surface area contributed by atoms with Gasteiger partial charge in [-0.3, -0.25) is 9.59 Å². The Morgan fingerprint density at radius 2 is 0.841 bits per heavy atom. The Morgan fingerprint density at radius 1 is 0.500 bits per heavy atom. The van der Waals surface area contributed by atoms with Gasteiger partial charge in [-0.05, 0) is 38.5 Å². The van der Waals surface area contributed by atoms with Gasteiger partial charge in [-0.1, -0.05) is 167 Å². The Balaban J connectivity index is 3.53. The van der Waals surface area contributed by atoms with E-state index in [0.29, 0.717) is 12.8 Å². The largest absolute Gasteiger partial charge is 0.462 e. The standard InChI is InChI=1S/C39H74O5/c1-3-5-7-9-11-13-15-17-19-21-23-25-27-29-31-33-38(41)43-36-37(35-40)44-39(42)34-32-30-28-26-24-22-20-18-16-14-12-10-8-6-4-2/h14,16,37,40H,3-13,15,17-36H2,1-2H3/b16-14-/t37-/m0/s1. The van der Waals surface area contributed by atoms with Gasteiger partial charge in [0.05, 0.1) is 6.61 Å². The summed E-state index contributed by atoms with van der Waals surface area (Å²) in [5.41, 5.74) is 0. The molecule has 0 rings (SSSR count). The fourth-order valence-electron chi connectivity index (χ4n) is 5.61. The SMILES string of the molecule is CCCCCC/C=C\CCCCCCCCCC(=O)O[C@@H](CO)COC(=O)CCCCCCCCCCCCCCCCC. The maximum atomic E-state index is 12.1. The Labute approximate surface area is 273 Å².